The van der Waals surface area contributed by atoms with Gasteiger partial charge in [-0.3, -0.25) is 4.79 Å². The lowest BCUT2D eigenvalue weighted by Gasteiger charge is -2.33. The maximum atomic E-state index is 12.8. The van der Waals surface area contributed by atoms with Gasteiger partial charge in [0.15, 0.2) is 0 Å². The molecule has 1 fully saturated rings. The molecule has 1 aliphatic rings. The molecular weight excluding hydrogens is 291 g/mol. The van der Waals surface area contributed by atoms with Crippen molar-refractivity contribution in [3.05, 3.63) is 11.3 Å². The van der Waals surface area contributed by atoms with Crippen molar-refractivity contribution in [2.24, 2.45) is 5.92 Å². The van der Waals surface area contributed by atoms with Crippen molar-refractivity contribution in [1.29, 1.82) is 0 Å². The second-order valence-corrected chi connectivity index (χ2v) is 5.63. The molecule has 1 amide bonds. The molecule has 0 aliphatic carbocycles. The summed E-state index contributed by atoms with van der Waals surface area (Å²) in [6, 6.07) is 0. The topological polar surface area (TPSA) is 45.2 Å². The van der Waals surface area contributed by atoms with Crippen LogP contribution in [0.2, 0.25) is 0 Å². The molecule has 0 saturated carbocycles. The Hall–Kier alpha value is -1.31. The molecule has 20 heavy (non-hydrogen) atoms. The van der Waals surface area contributed by atoms with Crippen LogP contribution in [0.5, 0.6) is 0 Å². The summed E-state index contributed by atoms with van der Waals surface area (Å²) in [5.74, 6) is -1.79. The highest BCUT2D eigenvalue weighted by atomic mass is 32.1. The van der Waals surface area contributed by atoms with Crippen molar-refractivity contribution >= 4 is 22.4 Å². The Labute approximate surface area is 119 Å². The number of amides is 1. The molecule has 1 N–H and O–H groups in total. The number of halogens is 3. The number of hydrogen-bond acceptors (Lipinski definition) is 4. The minimum absolute atomic E-state index is 0.0903. The van der Waals surface area contributed by atoms with E-state index in [1.54, 1.807) is 14.0 Å². The van der Waals surface area contributed by atoms with Crippen LogP contribution in [0.4, 0.5) is 18.2 Å². The molecule has 1 aromatic heterocycles. The highest BCUT2D eigenvalue weighted by Gasteiger charge is 2.43. The lowest BCUT2D eigenvalue weighted by atomic mass is 9.97. The summed E-state index contributed by atoms with van der Waals surface area (Å²) in [5, 5.41) is 3.46. The molecule has 2 heterocycles. The molecule has 112 valence electrons. The normalized spacial score (nSPS) is 20.1. The van der Waals surface area contributed by atoms with Crippen LogP contribution in [0.15, 0.2) is 0 Å². The number of anilines is 1. The van der Waals surface area contributed by atoms with Crippen LogP contribution in [-0.4, -0.2) is 41.5 Å². The van der Waals surface area contributed by atoms with Crippen LogP contribution in [-0.2, 0) is 0 Å². The third kappa shape index (κ3) is 2.89. The summed E-state index contributed by atoms with van der Waals surface area (Å²) in [7, 11) is 1.67. The van der Waals surface area contributed by atoms with Crippen LogP contribution < -0.4 is 5.32 Å². The summed E-state index contributed by atoms with van der Waals surface area (Å²) >= 11 is 1.14. The van der Waals surface area contributed by atoms with Crippen molar-refractivity contribution in [2.75, 3.05) is 25.5 Å². The average Bonchev–Trinajstić information content (AvgIpc) is 2.78. The fourth-order valence-electron chi connectivity index (χ4n) is 2.38. The molecular formula is C12H16F3N3OS. The van der Waals surface area contributed by atoms with Gasteiger partial charge in [-0.2, -0.15) is 17.5 Å². The van der Waals surface area contributed by atoms with Gasteiger partial charge in [-0.25, -0.2) is 0 Å². The first-order chi connectivity index (χ1) is 9.34. The van der Waals surface area contributed by atoms with Gasteiger partial charge in [0.05, 0.1) is 17.2 Å². The van der Waals surface area contributed by atoms with E-state index in [1.165, 1.54) is 4.90 Å². The SMILES string of the molecule is CNc1snc(C)c1C(=O)N1CCC[C@@H](C(F)(F)F)C1. The molecule has 4 nitrogen and oxygen atoms in total. The van der Waals surface area contributed by atoms with E-state index in [0.29, 0.717) is 29.2 Å². The number of aromatic nitrogens is 1. The number of carbonyl (C=O) groups is 1. The van der Waals surface area contributed by atoms with Crippen LogP contribution >= 0.6 is 11.5 Å². The zero-order valence-corrected chi connectivity index (χ0v) is 12.1. The number of aryl methyl sites for hydroxylation is 1. The largest absolute Gasteiger partial charge is 0.393 e. The van der Waals surface area contributed by atoms with Crippen LogP contribution in [0.25, 0.3) is 0 Å². The van der Waals surface area contributed by atoms with Crippen molar-refractivity contribution in [2.45, 2.75) is 25.9 Å². The number of likely N-dealkylation sites (tertiary alicyclic amines) is 1. The molecule has 0 bridgehead atoms. The second kappa shape index (κ2) is 5.59. The minimum atomic E-state index is -4.24. The third-order valence-corrected chi connectivity index (χ3v) is 4.43. The lowest BCUT2D eigenvalue weighted by Crippen LogP contribution is -2.44. The lowest BCUT2D eigenvalue weighted by molar-refractivity contribution is -0.184. The smallest absolute Gasteiger partial charge is 0.378 e. The van der Waals surface area contributed by atoms with E-state index in [0.717, 1.165) is 11.5 Å². The number of rotatable bonds is 2. The number of hydrogen-bond donors (Lipinski definition) is 1. The molecule has 1 saturated heterocycles. The molecule has 1 atom stereocenters. The van der Waals surface area contributed by atoms with Gasteiger partial charge in [-0.1, -0.05) is 0 Å². The quantitative estimate of drug-likeness (QED) is 0.914. The monoisotopic (exact) mass is 307 g/mol. The maximum absolute atomic E-state index is 12.8. The number of nitrogens with zero attached hydrogens (tertiary/aromatic N) is 2. The van der Waals surface area contributed by atoms with E-state index in [2.05, 4.69) is 9.69 Å². The van der Waals surface area contributed by atoms with E-state index >= 15 is 0 Å². The summed E-state index contributed by atoms with van der Waals surface area (Å²) in [4.78, 5) is 13.7. The summed E-state index contributed by atoms with van der Waals surface area (Å²) in [6.45, 7) is 1.79. The summed E-state index contributed by atoms with van der Waals surface area (Å²) in [6.07, 6.45) is -3.78. The van der Waals surface area contributed by atoms with Gasteiger partial charge in [0.1, 0.15) is 5.00 Å². The van der Waals surface area contributed by atoms with Gasteiger partial charge in [0.25, 0.3) is 5.91 Å². The molecule has 1 aliphatic heterocycles. The fourth-order valence-corrected chi connectivity index (χ4v) is 3.12. The maximum Gasteiger partial charge on any atom is 0.393 e. The van der Waals surface area contributed by atoms with E-state index in [1.807, 2.05) is 0 Å². The number of alkyl halides is 3. The van der Waals surface area contributed by atoms with Crippen molar-refractivity contribution < 1.29 is 18.0 Å². The Kier molecular flexibility index (Phi) is 4.22. The predicted octanol–water partition coefficient (Wildman–Crippen LogP) is 2.91. The van der Waals surface area contributed by atoms with Crippen molar-refractivity contribution in [3.63, 3.8) is 0 Å². The second-order valence-electron chi connectivity index (χ2n) is 4.85. The van der Waals surface area contributed by atoms with E-state index < -0.39 is 12.1 Å². The Balaban J connectivity index is 2.19. The molecule has 0 unspecified atom stereocenters. The molecule has 0 aromatic carbocycles. The van der Waals surface area contributed by atoms with E-state index in [9.17, 15) is 18.0 Å². The highest BCUT2D eigenvalue weighted by molar-refractivity contribution is 7.10. The Morgan fingerprint density at radius 2 is 2.20 bits per heavy atom. The van der Waals surface area contributed by atoms with Gasteiger partial charge < -0.3 is 10.2 Å². The molecule has 2 rings (SSSR count). The standard InChI is InChI=1S/C12H16F3N3OS/c1-7-9(10(16-2)20-17-7)11(19)18-5-3-4-8(6-18)12(13,14)15/h8,16H,3-6H2,1-2H3/t8-/m1/s1. The Bertz CT molecular complexity index is 501. The van der Waals surface area contributed by atoms with Crippen molar-refractivity contribution in [1.82, 2.24) is 9.27 Å². The first kappa shape index (κ1) is 15.1. The van der Waals surface area contributed by atoms with Gasteiger partial charge in [0.2, 0.25) is 0 Å². The molecule has 1 aromatic rings. The van der Waals surface area contributed by atoms with E-state index in [4.69, 9.17) is 0 Å². The number of carbonyl (C=O) groups excluding carboxylic acids is 1. The summed E-state index contributed by atoms with van der Waals surface area (Å²) in [5.41, 5.74) is 0.943. The molecule has 8 heteroatoms. The molecule has 0 spiro atoms. The zero-order chi connectivity index (χ0) is 14.9. The fraction of sp³-hybridized carbons (Fsp3) is 0.667. The highest BCUT2D eigenvalue weighted by Crippen LogP contribution is 2.34. The predicted molar refractivity (Wildman–Crippen MR) is 71.1 cm³/mol. The van der Waals surface area contributed by atoms with Gasteiger partial charge in [-0.15, -0.1) is 0 Å². The zero-order valence-electron chi connectivity index (χ0n) is 11.3. The van der Waals surface area contributed by atoms with Gasteiger partial charge in [-0.05, 0) is 31.3 Å². The first-order valence-corrected chi connectivity index (χ1v) is 7.12. The number of piperidine rings is 1. The summed E-state index contributed by atoms with van der Waals surface area (Å²) < 4.78 is 42.4. The van der Waals surface area contributed by atoms with Gasteiger partial charge in [0, 0.05) is 20.1 Å². The average molecular weight is 307 g/mol. The molecule has 0 radical (unpaired) electrons. The van der Waals surface area contributed by atoms with Crippen LogP contribution in [0, 0.1) is 12.8 Å². The third-order valence-electron chi connectivity index (χ3n) is 3.48. The van der Waals surface area contributed by atoms with Crippen molar-refractivity contribution in [3.8, 4) is 0 Å². The van der Waals surface area contributed by atoms with Gasteiger partial charge >= 0.3 is 6.18 Å². The number of nitrogens with one attached hydrogen (secondary N) is 1. The van der Waals surface area contributed by atoms with Crippen LogP contribution in [0.3, 0.4) is 0 Å². The Morgan fingerprint density at radius 3 is 2.80 bits per heavy atom. The Morgan fingerprint density at radius 1 is 1.50 bits per heavy atom. The first-order valence-electron chi connectivity index (χ1n) is 6.34. The van der Waals surface area contributed by atoms with Crippen LogP contribution in [0.1, 0.15) is 28.9 Å². The minimum Gasteiger partial charge on any atom is -0.378 e. The van der Waals surface area contributed by atoms with E-state index in [-0.39, 0.29) is 18.9 Å².